The smallest absolute Gasteiger partial charge is 0.272 e. The average Bonchev–Trinajstić information content (AvgIpc) is 3.75. The van der Waals surface area contributed by atoms with E-state index in [4.69, 9.17) is 0 Å². The van der Waals surface area contributed by atoms with E-state index in [1.165, 1.54) is 19.0 Å². The number of nitro benzene ring substituents is 1. The van der Waals surface area contributed by atoms with Crippen molar-refractivity contribution in [1.29, 1.82) is 0 Å². The van der Waals surface area contributed by atoms with Gasteiger partial charge in [-0.1, -0.05) is 41.6 Å². The van der Waals surface area contributed by atoms with Crippen LogP contribution in [0.3, 0.4) is 0 Å². The molecule has 0 N–H and O–H groups in total. The van der Waals surface area contributed by atoms with E-state index in [-0.39, 0.29) is 34.2 Å². The van der Waals surface area contributed by atoms with Gasteiger partial charge in [0.1, 0.15) is 5.52 Å². The lowest BCUT2D eigenvalue weighted by Gasteiger charge is -2.02. The molecule has 1 fully saturated rings. The predicted octanol–water partition coefficient (Wildman–Crippen LogP) is 6.55. The lowest BCUT2D eigenvalue weighted by molar-refractivity contribution is -0.385. The van der Waals surface area contributed by atoms with Crippen LogP contribution in [0.15, 0.2) is 66.7 Å². The first-order valence-corrected chi connectivity index (χ1v) is 15.5. The number of hydrogen-bond acceptors (Lipinski definition) is 8. The third-order valence-electron chi connectivity index (χ3n) is 7.81. The third-order valence-corrected chi connectivity index (χ3v) is 7.81. The summed E-state index contributed by atoms with van der Waals surface area (Å²) in [6.45, 7) is 4.39. The minimum Gasteiger partial charge on any atom is -0.286 e. The van der Waals surface area contributed by atoms with Crippen LogP contribution in [0.25, 0.3) is 11.0 Å². The van der Waals surface area contributed by atoms with E-state index in [1.54, 1.807) is 48.0 Å². The van der Waals surface area contributed by atoms with Crippen molar-refractivity contribution in [2.45, 2.75) is 33.6 Å². The molecule has 12 nitrogen and oxygen atoms in total. The second-order valence-electron chi connectivity index (χ2n) is 11.5. The van der Waals surface area contributed by atoms with E-state index in [0.29, 0.717) is 29.5 Å². The number of aromatic nitrogens is 3. The number of fused-ring (bicyclic) bond motifs is 2. The number of imide groups is 2. The van der Waals surface area contributed by atoms with Crippen LogP contribution in [0, 0.1) is 60.0 Å². The molecule has 5 aromatic rings. The van der Waals surface area contributed by atoms with Crippen LogP contribution < -0.4 is 0 Å². The standard InChI is InChI=1S/C9H7NO2.C8H9NO2.C7H3F5.C7H7N3.C5H7NO2/c1-10-8(11)6-4-2-3-5-7(6)9(10)12;1-6-3-4-7(2)8(5-6)9(10)11;1-2-3(8)5(10)7(12)6(11)4(2)9;1-10-7-5-3-2-4-6(7)8-9-10;1-6-4(7)2-3-5(6)8/h2-5H,1H3;3-5H,1-2H3;1H3;2-5H,1H3;2-3H2,1H3. The van der Waals surface area contributed by atoms with Crippen molar-refractivity contribution in [2.24, 2.45) is 7.05 Å². The van der Waals surface area contributed by atoms with Gasteiger partial charge in [0.2, 0.25) is 17.6 Å². The Labute approximate surface area is 299 Å². The predicted molar refractivity (Wildman–Crippen MR) is 182 cm³/mol. The highest BCUT2D eigenvalue weighted by molar-refractivity contribution is 6.21. The maximum atomic E-state index is 12.4. The van der Waals surface area contributed by atoms with Gasteiger partial charge in [-0.3, -0.25) is 39.1 Å². The molecule has 278 valence electrons. The third kappa shape index (κ3) is 9.69. The summed E-state index contributed by atoms with van der Waals surface area (Å²) in [6.07, 6.45) is 0.796. The van der Waals surface area contributed by atoms with Crippen LogP contribution in [0.2, 0.25) is 0 Å². The van der Waals surface area contributed by atoms with Crippen LogP contribution >= 0.6 is 0 Å². The zero-order valence-corrected chi connectivity index (χ0v) is 29.3. The second kappa shape index (κ2) is 17.7. The van der Waals surface area contributed by atoms with Crippen molar-refractivity contribution in [2.75, 3.05) is 14.1 Å². The fraction of sp³-hybridized carbons (Fsp3) is 0.222. The maximum absolute atomic E-state index is 12.4. The minimum absolute atomic E-state index is 0.0602. The minimum atomic E-state index is -2.13. The van der Waals surface area contributed by atoms with E-state index in [1.807, 2.05) is 44.3 Å². The maximum Gasteiger partial charge on any atom is 0.272 e. The zero-order valence-electron chi connectivity index (χ0n) is 29.3. The number of carbonyl (C=O) groups is 4. The summed E-state index contributed by atoms with van der Waals surface area (Å²) in [4.78, 5) is 55.9. The van der Waals surface area contributed by atoms with E-state index >= 15 is 0 Å². The molecule has 1 aromatic heterocycles. The van der Waals surface area contributed by atoms with Gasteiger partial charge >= 0.3 is 0 Å². The highest BCUT2D eigenvalue weighted by atomic mass is 19.2. The van der Waals surface area contributed by atoms with Crippen LogP contribution in [0.1, 0.15) is 50.2 Å². The molecular formula is C36H33F5N6O6. The zero-order chi connectivity index (χ0) is 39.7. The Kier molecular flexibility index (Phi) is 13.7. The quantitative estimate of drug-likeness (QED) is 0.0470. The van der Waals surface area contributed by atoms with Gasteiger partial charge < -0.3 is 0 Å². The highest BCUT2D eigenvalue weighted by Gasteiger charge is 2.31. The molecule has 4 amide bonds. The molecule has 17 heteroatoms. The van der Waals surface area contributed by atoms with E-state index in [0.717, 1.165) is 28.4 Å². The van der Waals surface area contributed by atoms with Crippen molar-refractivity contribution in [3.8, 4) is 0 Å². The van der Waals surface area contributed by atoms with Gasteiger partial charge in [0.25, 0.3) is 17.5 Å². The molecule has 53 heavy (non-hydrogen) atoms. The Hall–Kier alpha value is -6.39. The second-order valence-corrected chi connectivity index (χ2v) is 11.5. The molecule has 0 atom stereocenters. The number of aryl methyl sites for hydroxylation is 3. The van der Waals surface area contributed by atoms with Crippen LogP contribution in [0.5, 0.6) is 0 Å². The van der Waals surface area contributed by atoms with E-state index in [9.17, 15) is 51.2 Å². The number of halogens is 5. The van der Waals surface area contributed by atoms with Gasteiger partial charge in [-0.2, -0.15) is 0 Å². The molecule has 0 unspecified atom stereocenters. The Balaban J connectivity index is 0.000000179. The Morgan fingerprint density at radius 2 is 1.13 bits per heavy atom. The summed E-state index contributed by atoms with van der Waals surface area (Å²) in [5.41, 5.74) is 3.99. The van der Waals surface area contributed by atoms with Gasteiger partial charge in [0.05, 0.1) is 21.6 Å². The van der Waals surface area contributed by atoms with Gasteiger partial charge in [0, 0.05) is 51.2 Å². The van der Waals surface area contributed by atoms with Crippen molar-refractivity contribution in [3.05, 3.63) is 134 Å². The summed E-state index contributed by atoms with van der Waals surface area (Å²) >= 11 is 0. The Bertz CT molecular complexity index is 2050. The Morgan fingerprint density at radius 1 is 0.660 bits per heavy atom. The molecule has 0 bridgehead atoms. The number of carbonyl (C=O) groups excluding carboxylic acids is 4. The van der Waals surface area contributed by atoms with Gasteiger partial charge in [0.15, 0.2) is 23.3 Å². The molecule has 3 heterocycles. The molecule has 1 saturated heterocycles. The number of likely N-dealkylation sites (tertiary alicyclic amines) is 1. The summed E-state index contributed by atoms with van der Waals surface area (Å²) in [7, 11) is 4.89. The first-order valence-electron chi connectivity index (χ1n) is 15.5. The molecular weight excluding hydrogens is 707 g/mol. The van der Waals surface area contributed by atoms with Crippen molar-refractivity contribution in [3.63, 3.8) is 0 Å². The van der Waals surface area contributed by atoms with E-state index < -0.39 is 34.6 Å². The highest BCUT2D eigenvalue weighted by Crippen LogP contribution is 2.22. The molecule has 0 aliphatic carbocycles. The SMILES string of the molecule is CN1C(=O)CCC1=O.CN1C(=O)c2ccccc2C1=O.Cc1c(F)c(F)c(F)c(F)c1F.Cc1ccc(C)c([N+](=O)[O-])c1.Cn1nnc2ccccc21. The topological polar surface area (TPSA) is 149 Å². The summed E-state index contributed by atoms with van der Waals surface area (Å²) in [5, 5.41) is 18.2. The molecule has 2 aliphatic heterocycles. The molecule has 0 saturated carbocycles. The lowest BCUT2D eigenvalue weighted by Crippen LogP contribution is -2.24. The van der Waals surface area contributed by atoms with Crippen LogP contribution in [0.4, 0.5) is 27.6 Å². The first kappa shape index (κ1) is 41.0. The Morgan fingerprint density at radius 3 is 1.57 bits per heavy atom. The van der Waals surface area contributed by atoms with Crippen LogP contribution in [-0.2, 0) is 16.6 Å². The fourth-order valence-electron chi connectivity index (χ4n) is 4.61. The number of nitrogens with zero attached hydrogens (tertiary/aromatic N) is 6. The largest absolute Gasteiger partial charge is 0.286 e. The molecule has 2 aliphatic rings. The monoisotopic (exact) mass is 740 g/mol. The number of para-hydroxylation sites is 1. The summed E-state index contributed by atoms with van der Waals surface area (Å²) < 4.78 is 63.3. The summed E-state index contributed by atoms with van der Waals surface area (Å²) in [5.74, 6) is -10.1. The molecule has 0 radical (unpaired) electrons. The van der Waals surface area contributed by atoms with Crippen molar-refractivity contribution in [1.82, 2.24) is 24.8 Å². The molecule has 0 spiro atoms. The van der Waals surface area contributed by atoms with Crippen molar-refractivity contribution >= 4 is 40.3 Å². The fourth-order valence-corrected chi connectivity index (χ4v) is 4.61. The van der Waals surface area contributed by atoms with Gasteiger partial charge in [-0.15, -0.1) is 5.10 Å². The molecule has 4 aromatic carbocycles. The normalized spacial score (nSPS) is 12.9. The first-order chi connectivity index (χ1) is 24.9. The van der Waals surface area contributed by atoms with Gasteiger partial charge in [-0.05, 0) is 50.6 Å². The van der Waals surface area contributed by atoms with Gasteiger partial charge in [-0.25, -0.2) is 26.6 Å². The lowest BCUT2D eigenvalue weighted by atomic mass is 10.1. The summed E-state index contributed by atoms with van der Waals surface area (Å²) in [6, 6.07) is 19.9. The number of nitro groups is 1. The van der Waals surface area contributed by atoms with E-state index in [2.05, 4.69) is 10.3 Å². The number of amides is 4. The molecule has 7 rings (SSSR count). The number of rotatable bonds is 1. The number of hydrogen-bond donors (Lipinski definition) is 0. The number of benzene rings is 4. The average molecular weight is 741 g/mol. The van der Waals surface area contributed by atoms with Crippen LogP contribution in [-0.4, -0.2) is 67.4 Å². The van der Waals surface area contributed by atoms with Crippen molar-refractivity contribution < 1.29 is 46.1 Å².